The molecule has 5 nitrogen and oxygen atoms in total. The average molecular weight is 879 g/mol. The molecule has 0 spiro atoms. The fourth-order valence-corrected chi connectivity index (χ4v) is 5.95. The van der Waals surface area contributed by atoms with Crippen LogP contribution in [0.2, 0.25) is 0 Å². The highest BCUT2D eigenvalue weighted by atomic mass is 16.6. The zero-order chi connectivity index (χ0) is 46.3. The lowest BCUT2D eigenvalue weighted by Gasteiger charge is -2.18. The summed E-state index contributed by atoms with van der Waals surface area (Å²) in [6.07, 6.45) is 78.4. The fraction of sp³-hybridized carbons (Fsp3) is 0.525. The van der Waals surface area contributed by atoms with Crippen molar-refractivity contribution in [1.29, 1.82) is 0 Å². The molecule has 1 unspecified atom stereocenters. The van der Waals surface area contributed by atoms with Crippen LogP contribution in [0.1, 0.15) is 175 Å². The Morgan fingerprint density at radius 2 is 0.688 bits per heavy atom. The summed E-state index contributed by atoms with van der Waals surface area (Å²) in [6.45, 7) is 7.26. The van der Waals surface area contributed by atoms with E-state index in [4.69, 9.17) is 14.2 Å². The third-order valence-corrected chi connectivity index (χ3v) is 9.55. The van der Waals surface area contributed by atoms with Gasteiger partial charge in [0.25, 0.3) is 0 Å². The van der Waals surface area contributed by atoms with Crippen molar-refractivity contribution in [2.24, 2.45) is 0 Å². The minimum Gasteiger partial charge on any atom is -0.462 e. The largest absolute Gasteiger partial charge is 0.462 e. The maximum absolute atomic E-state index is 12.7. The number of carbonyl (C=O) groups excluding carboxylic acids is 2. The van der Waals surface area contributed by atoms with Crippen molar-refractivity contribution in [3.05, 3.63) is 158 Å². The molecule has 0 aliphatic carbocycles. The summed E-state index contributed by atoms with van der Waals surface area (Å²) in [5, 5.41) is 0. The van der Waals surface area contributed by atoms with Crippen molar-refractivity contribution in [3.63, 3.8) is 0 Å². The van der Waals surface area contributed by atoms with E-state index < -0.39 is 6.10 Å². The van der Waals surface area contributed by atoms with Crippen LogP contribution in [0.5, 0.6) is 0 Å². The van der Waals surface area contributed by atoms with E-state index in [-0.39, 0.29) is 31.6 Å². The molecule has 5 heteroatoms. The van der Waals surface area contributed by atoms with Gasteiger partial charge < -0.3 is 14.2 Å². The molecule has 0 amide bonds. The van der Waals surface area contributed by atoms with Gasteiger partial charge in [0.05, 0.1) is 6.61 Å². The number of unbranched alkanes of at least 4 members (excludes halogenated alkanes) is 6. The van der Waals surface area contributed by atoms with Crippen molar-refractivity contribution in [2.45, 2.75) is 181 Å². The Morgan fingerprint density at radius 3 is 1.08 bits per heavy atom. The second-order valence-corrected chi connectivity index (χ2v) is 15.6. The second-order valence-electron chi connectivity index (χ2n) is 15.6. The van der Waals surface area contributed by atoms with Gasteiger partial charge in [-0.15, -0.1) is 0 Å². The first-order valence-corrected chi connectivity index (χ1v) is 25.0. The molecular formula is C59H90O5. The number of esters is 2. The highest BCUT2D eigenvalue weighted by Gasteiger charge is 2.17. The molecule has 64 heavy (non-hydrogen) atoms. The van der Waals surface area contributed by atoms with Gasteiger partial charge in [0.2, 0.25) is 0 Å². The normalized spacial score (nSPS) is 13.6. The predicted molar refractivity (Wildman–Crippen MR) is 278 cm³/mol. The molecule has 0 aromatic heterocycles. The Labute approximate surface area is 393 Å². The smallest absolute Gasteiger partial charge is 0.306 e. The summed E-state index contributed by atoms with van der Waals surface area (Å²) in [5.74, 6) is -0.563. The molecule has 0 aromatic rings. The van der Waals surface area contributed by atoms with Gasteiger partial charge in [-0.05, 0) is 128 Å². The molecule has 0 radical (unpaired) electrons. The zero-order valence-electron chi connectivity index (χ0n) is 40.7. The Hall–Kier alpha value is -4.48. The Balaban J connectivity index is 4.50. The molecule has 1 atom stereocenters. The van der Waals surface area contributed by atoms with Gasteiger partial charge in [0.1, 0.15) is 6.61 Å². The molecule has 0 aliphatic rings. The quantitative estimate of drug-likeness (QED) is 0.0347. The van der Waals surface area contributed by atoms with E-state index in [0.717, 1.165) is 135 Å². The van der Waals surface area contributed by atoms with Crippen LogP contribution in [0, 0.1) is 0 Å². The van der Waals surface area contributed by atoms with Crippen LogP contribution in [0.4, 0.5) is 0 Å². The second kappa shape index (κ2) is 52.9. The van der Waals surface area contributed by atoms with Crippen molar-refractivity contribution in [1.82, 2.24) is 0 Å². The van der Waals surface area contributed by atoms with Crippen LogP contribution in [0.15, 0.2) is 158 Å². The molecule has 0 saturated carbocycles. The molecule has 0 aromatic carbocycles. The molecule has 0 heterocycles. The van der Waals surface area contributed by atoms with Crippen LogP contribution >= 0.6 is 0 Å². The van der Waals surface area contributed by atoms with Crippen LogP contribution in [0.25, 0.3) is 0 Å². The minimum atomic E-state index is -0.617. The fourth-order valence-electron chi connectivity index (χ4n) is 5.95. The SMILES string of the molecule is CC/C=C\C/C=C\C/C=C\C/C=C\C/C=C\CCCCCC(=O)OCC(COCCCCC/C=C\C/C=C\C/C=C\C/C=C\CC)OC(=O)CC/C=C\C/C=C\C/C=C\C/C=C\CC. The van der Waals surface area contributed by atoms with E-state index in [1.54, 1.807) is 0 Å². The maximum atomic E-state index is 12.7. The number of hydrogen-bond donors (Lipinski definition) is 0. The summed E-state index contributed by atoms with van der Waals surface area (Å²) in [7, 11) is 0. The van der Waals surface area contributed by atoms with Crippen molar-refractivity contribution < 1.29 is 23.8 Å². The molecule has 0 N–H and O–H groups in total. The number of allylic oxidation sites excluding steroid dienone is 26. The van der Waals surface area contributed by atoms with E-state index in [0.29, 0.717) is 19.4 Å². The first-order chi connectivity index (χ1) is 31.6. The van der Waals surface area contributed by atoms with Gasteiger partial charge in [-0.2, -0.15) is 0 Å². The van der Waals surface area contributed by atoms with Crippen LogP contribution in [-0.2, 0) is 23.8 Å². The third-order valence-electron chi connectivity index (χ3n) is 9.55. The Morgan fingerprint density at radius 1 is 0.344 bits per heavy atom. The summed E-state index contributed by atoms with van der Waals surface area (Å²) in [6, 6.07) is 0. The van der Waals surface area contributed by atoms with E-state index >= 15 is 0 Å². The molecule has 0 saturated heterocycles. The summed E-state index contributed by atoms with van der Waals surface area (Å²) in [4.78, 5) is 25.3. The first-order valence-electron chi connectivity index (χ1n) is 25.0. The van der Waals surface area contributed by atoms with Crippen molar-refractivity contribution in [2.75, 3.05) is 19.8 Å². The highest BCUT2D eigenvalue weighted by molar-refractivity contribution is 5.70. The highest BCUT2D eigenvalue weighted by Crippen LogP contribution is 2.09. The number of hydrogen-bond acceptors (Lipinski definition) is 5. The summed E-state index contributed by atoms with van der Waals surface area (Å²) in [5.41, 5.74) is 0. The van der Waals surface area contributed by atoms with Crippen LogP contribution in [-0.4, -0.2) is 37.9 Å². The Kier molecular flexibility index (Phi) is 49.2. The maximum Gasteiger partial charge on any atom is 0.306 e. The van der Waals surface area contributed by atoms with Crippen molar-refractivity contribution >= 4 is 11.9 Å². The number of rotatable bonds is 43. The third kappa shape index (κ3) is 50.2. The van der Waals surface area contributed by atoms with Gasteiger partial charge in [-0.25, -0.2) is 0 Å². The first kappa shape index (κ1) is 59.5. The van der Waals surface area contributed by atoms with Gasteiger partial charge in [-0.1, -0.05) is 192 Å². The lowest BCUT2D eigenvalue weighted by Crippen LogP contribution is -2.30. The standard InChI is InChI=1S/C59H90O5/c1-4-7-10-13-16-19-22-25-27-29-30-31-32-35-37-40-43-46-49-52-58(60)63-56-57(64-59(61)53-50-47-44-41-38-34-24-21-18-15-12-9-6-3)55-62-54-51-48-45-42-39-36-33-28-26-23-20-17-14-11-8-5-2/h7-12,16-21,25-28,30-31,34-39,44,47,57H,4-6,13-15,22-24,29,32-33,40-43,45-46,48-56H2,1-3H3/b10-7-,11-8-,12-9-,19-16-,20-17-,21-18-,27-25-,28-26-,31-30-,37-35-,38-34-,39-36-,47-44-. The summed E-state index contributed by atoms with van der Waals surface area (Å²) < 4.78 is 17.2. The zero-order valence-corrected chi connectivity index (χ0v) is 40.7. The molecule has 356 valence electrons. The molecule has 0 aliphatic heterocycles. The van der Waals surface area contributed by atoms with E-state index in [2.05, 4.69) is 173 Å². The number of ether oxygens (including phenoxy) is 3. The molecule has 0 rings (SSSR count). The number of carbonyl (C=O) groups is 2. The lowest BCUT2D eigenvalue weighted by atomic mass is 10.1. The predicted octanol–water partition coefficient (Wildman–Crippen LogP) is 17.1. The van der Waals surface area contributed by atoms with E-state index in [9.17, 15) is 9.59 Å². The molecule has 0 fully saturated rings. The van der Waals surface area contributed by atoms with Crippen molar-refractivity contribution in [3.8, 4) is 0 Å². The lowest BCUT2D eigenvalue weighted by molar-refractivity contribution is -0.162. The monoisotopic (exact) mass is 879 g/mol. The molecule has 0 bridgehead atoms. The topological polar surface area (TPSA) is 61.8 Å². The minimum absolute atomic E-state index is 0.0143. The molecular weight excluding hydrogens is 789 g/mol. The van der Waals surface area contributed by atoms with E-state index in [1.165, 1.54) is 0 Å². The van der Waals surface area contributed by atoms with Gasteiger partial charge >= 0.3 is 11.9 Å². The Bertz CT molecular complexity index is 1460. The van der Waals surface area contributed by atoms with Crippen LogP contribution in [0.3, 0.4) is 0 Å². The average Bonchev–Trinajstić information content (AvgIpc) is 3.30. The summed E-state index contributed by atoms with van der Waals surface area (Å²) >= 11 is 0. The van der Waals surface area contributed by atoms with Gasteiger partial charge in [0, 0.05) is 19.4 Å². The van der Waals surface area contributed by atoms with Gasteiger partial charge in [0.15, 0.2) is 6.10 Å². The van der Waals surface area contributed by atoms with Gasteiger partial charge in [-0.3, -0.25) is 9.59 Å². The van der Waals surface area contributed by atoms with Crippen LogP contribution < -0.4 is 0 Å². The van der Waals surface area contributed by atoms with E-state index in [1.807, 2.05) is 6.08 Å².